The Kier molecular flexibility index (Phi) is 2.90. The number of alkyl halides is 3. The molecular weight excluding hydrogens is 281 g/mol. The van der Waals surface area contributed by atoms with Crippen molar-refractivity contribution in [1.82, 2.24) is 9.55 Å². The smallest absolute Gasteiger partial charge is 0.305 e. The molecule has 0 unspecified atom stereocenters. The zero-order chi connectivity index (χ0) is 15.2. The quantitative estimate of drug-likeness (QED) is 0.730. The highest BCUT2D eigenvalue weighted by Crippen LogP contribution is 2.31. The molecule has 0 aliphatic heterocycles. The number of nitrogens with one attached hydrogen (secondary N) is 1. The van der Waals surface area contributed by atoms with Crippen molar-refractivity contribution >= 4 is 11.0 Å². The molecule has 0 amide bonds. The number of fused-ring (bicyclic) bond motifs is 1. The van der Waals surface area contributed by atoms with Crippen LogP contribution in [-0.2, 0) is 6.18 Å². The number of hydrogen-bond acceptors (Lipinski definition) is 1. The van der Waals surface area contributed by atoms with Crippen molar-refractivity contribution in [1.29, 1.82) is 0 Å². The lowest BCUT2D eigenvalue weighted by molar-refractivity contribution is -0.137. The van der Waals surface area contributed by atoms with Gasteiger partial charge in [0.15, 0.2) is 0 Å². The molecule has 3 rings (SSSR count). The lowest BCUT2D eigenvalue weighted by atomic mass is 10.2. The molecule has 6 heteroatoms. The predicted molar refractivity (Wildman–Crippen MR) is 73.6 cm³/mol. The molecule has 3 aromatic rings. The molecule has 0 bridgehead atoms. The van der Waals surface area contributed by atoms with Crippen molar-refractivity contribution < 1.29 is 13.2 Å². The SMILES string of the molecule is Cc1ccc(-n2c(=O)[nH]c3ccc(C(F)(F)F)cc32)cc1. The first kappa shape index (κ1) is 13.5. The van der Waals surface area contributed by atoms with Crippen LogP contribution in [0.3, 0.4) is 0 Å². The van der Waals surface area contributed by atoms with E-state index in [1.54, 1.807) is 24.3 Å². The first-order chi connectivity index (χ1) is 9.86. The van der Waals surface area contributed by atoms with E-state index in [-0.39, 0.29) is 5.52 Å². The minimum absolute atomic E-state index is 0.207. The number of aromatic nitrogens is 2. The lowest BCUT2D eigenvalue weighted by Gasteiger charge is -2.08. The molecule has 2 aromatic carbocycles. The highest BCUT2D eigenvalue weighted by Gasteiger charge is 2.31. The maximum Gasteiger partial charge on any atom is 0.416 e. The maximum atomic E-state index is 12.8. The van der Waals surface area contributed by atoms with Gasteiger partial charge in [0.25, 0.3) is 0 Å². The van der Waals surface area contributed by atoms with E-state index in [9.17, 15) is 18.0 Å². The highest BCUT2D eigenvalue weighted by atomic mass is 19.4. The number of halogens is 3. The number of aromatic amines is 1. The van der Waals surface area contributed by atoms with Gasteiger partial charge in [-0.25, -0.2) is 4.79 Å². The van der Waals surface area contributed by atoms with Crippen molar-refractivity contribution in [3.63, 3.8) is 0 Å². The van der Waals surface area contributed by atoms with Crippen molar-refractivity contribution in [3.8, 4) is 5.69 Å². The van der Waals surface area contributed by atoms with E-state index in [0.29, 0.717) is 11.2 Å². The van der Waals surface area contributed by atoms with Crippen molar-refractivity contribution in [2.75, 3.05) is 0 Å². The van der Waals surface area contributed by atoms with Gasteiger partial charge in [-0.05, 0) is 37.3 Å². The Bertz CT molecular complexity index is 857. The zero-order valence-electron chi connectivity index (χ0n) is 11.0. The monoisotopic (exact) mass is 292 g/mol. The van der Waals surface area contributed by atoms with Gasteiger partial charge in [0.2, 0.25) is 0 Å². The van der Waals surface area contributed by atoms with Gasteiger partial charge in [0.1, 0.15) is 0 Å². The molecule has 3 nitrogen and oxygen atoms in total. The number of H-pyrrole nitrogens is 1. The van der Waals surface area contributed by atoms with Gasteiger partial charge in [0, 0.05) is 0 Å². The van der Waals surface area contributed by atoms with E-state index in [4.69, 9.17) is 0 Å². The summed E-state index contributed by atoms with van der Waals surface area (Å²) in [6, 6.07) is 10.2. The normalized spacial score (nSPS) is 12.0. The Morgan fingerprint density at radius 3 is 2.33 bits per heavy atom. The van der Waals surface area contributed by atoms with Crippen LogP contribution >= 0.6 is 0 Å². The Labute approximate surface area is 117 Å². The minimum Gasteiger partial charge on any atom is -0.305 e. The number of hydrogen-bond donors (Lipinski definition) is 1. The molecular formula is C15H11F3N2O. The molecule has 0 aliphatic rings. The third-order valence-corrected chi connectivity index (χ3v) is 3.30. The van der Waals surface area contributed by atoms with Gasteiger partial charge >= 0.3 is 11.9 Å². The molecule has 0 saturated carbocycles. The summed E-state index contributed by atoms with van der Waals surface area (Å²) in [5.74, 6) is 0. The molecule has 0 fully saturated rings. The molecule has 0 radical (unpaired) electrons. The van der Waals surface area contributed by atoms with Gasteiger partial charge in [-0.1, -0.05) is 17.7 Å². The Balaban J connectivity index is 2.29. The van der Waals surface area contributed by atoms with Crippen LogP contribution in [-0.4, -0.2) is 9.55 Å². The van der Waals surface area contributed by atoms with Crippen molar-refractivity contribution in [2.24, 2.45) is 0 Å². The second kappa shape index (κ2) is 4.51. The molecule has 21 heavy (non-hydrogen) atoms. The van der Waals surface area contributed by atoms with E-state index in [0.717, 1.165) is 17.7 Å². The lowest BCUT2D eigenvalue weighted by Crippen LogP contribution is -2.14. The topological polar surface area (TPSA) is 37.8 Å². The number of rotatable bonds is 1. The van der Waals surface area contributed by atoms with E-state index >= 15 is 0 Å². The molecule has 108 valence electrons. The van der Waals surface area contributed by atoms with Gasteiger partial charge in [-0.15, -0.1) is 0 Å². The predicted octanol–water partition coefficient (Wildman–Crippen LogP) is 3.65. The highest BCUT2D eigenvalue weighted by molar-refractivity contribution is 5.78. The van der Waals surface area contributed by atoms with E-state index in [1.165, 1.54) is 10.6 Å². The fraction of sp³-hybridized carbons (Fsp3) is 0.133. The van der Waals surface area contributed by atoms with Gasteiger partial charge in [-0.3, -0.25) is 4.57 Å². The first-order valence-corrected chi connectivity index (χ1v) is 6.25. The molecule has 0 saturated heterocycles. The minimum atomic E-state index is -4.44. The Hall–Kier alpha value is -2.50. The number of nitrogens with zero attached hydrogens (tertiary/aromatic N) is 1. The average molecular weight is 292 g/mol. The van der Waals surface area contributed by atoms with Crippen molar-refractivity contribution in [2.45, 2.75) is 13.1 Å². The number of benzene rings is 2. The third-order valence-electron chi connectivity index (χ3n) is 3.30. The van der Waals surface area contributed by atoms with E-state index < -0.39 is 17.4 Å². The summed E-state index contributed by atoms with van der Waals surface area (Å²) in [5.41, 5.74) is 0.856. The third kappa shape index (κ3) is 2.33. The van der Waals surface area contributed by atoms with Gasteiger partial charge in [0.05, 0.1) is 22.3 Å². The standard InChI is InChI=1S/C15H11F3N2O/c1-9-2-5-11(6-3-9)20-13-8-10(15(16,17)18)4-7-12(13)19-14(20)21/h2-8H,1H3,(H,19,21). The number of aryl methyl sites for hydroxylation is 1. The largest absolute Gasteiger partial charge is 0.416 e. The van der Waals surface area contributed by atoms with Crippen LogP contribution in [0.1, 0.15) is 11.1 Å². The van der Waals surface area contributed by atoms with Crippen molar-refractivity contribution in [3.05, 3.63) is 64.1 Å². The fourth-order valence-corrected chi connectivity index (χ4v) is 2.23. The molecule has 0 aliphatic carbocycles. The van der Waals surface area contributed by atoms with E-state index in [1.807, 2.05) is 6.92 Å². The van der Waals surface area contributed by atoms with Crippen LogP contribution in [0, 0.1) is 6.92 Å². The summed E-state index contributed by atoms with van der Waals surface area (Å²) >= 11 is 0. The van der Waals surface area contributed by atoms with Gasteiger partial charge in [-0.2, -0.15) is 13.2 Å². The molecule has 1 heterocycles. The summed E-state index contributed by atoms with van der Waals surface area (Å²) < 4.78 is 39.7. The summed E-state index contributed by atoms with van der Waals surface area (Å²) in [6.07, 6.45) is -4.44. The Morgan fingerprint density at radius 1 is 1.05 bits per heavy atom. The van der Waals surface area contributed by atoms with Crippen LogP contribution in [0.4, 0.5) is 13.2 Å². The second-order valence-electron chi connectivity index (χ2n) is 4.83. The van der Waals surface area contributed by atoms with Crippen LogP contribution in [0.5, 0.6) is 0 Å². The summed E-state index contributed by atoms with van der Waals surface area (Å²) in [4.78, 5) is 14.6. The number of imidazole rings is 1. The first-order valence-electron chi connectivity index (χ1n) is 6.25. The van der Waals surface area contributed by atoms with E-state index in [2.05, 4.69) is 4.98 Å². The molecule has 1 aromatic heterocycles. The zero-order valence-corrected chi connectivity index (χ0v) is 11.0. The molecule has 0 spiro atoms. The Morgan fingerprint density at radius 2 is 1.71 bits per heavy atom. The average Bonchev–Trinajstić information content (AvgIpc) is 2.74. The molecule has 0 atom stereocenters. The second-order valence-corrected chi connectivity index (χ2v) is 4.83. The van der Waals surface area contributed by atoms with Gasteiger partial charge < -0.3 is 4.98 Å². The van der Waals surface area contributed by atoms with Crippen LogP contribution in [0.2, 0.25) is 0 Å². The molecule has 1 N–H and O–H groups in total. The van der Waals surface area contributed by atoms with Crippen LogP contribution in [0.15, 0.2) is 47.3 Å². The summed E-state index contributed by atoms with van der Waals surface area (Å²) in [6.45, 7) is 1.89. The summed E-state index contributed by atoms with van der Waals surface area (Å²) in [5, 5.41) is 0. The van der Waals surface area contributed by atoms with Crippen LogP contribution < -0.4 is 5.69 Å². The maximum absolute atomic E-state index is 12.8. The van der Waals surface area contributed by atoms with Crippen LogP contribution in [0.25, 0.3) is 16.7 Å². The summed E-state index contributed by atoms with van der Waals surface area (Å²) in [7, 11) is 0. The fourth-order valence-electron chi connectivity index (χ4n) is 2.23.